The molecule has 0 aromatic heterocycles. The molecule has 310 valence electrons. The topological polar surface area (TPSA) is 119 Å². The molecule has 0 unspecified atom stereocenters. The van der Waals surface area contributed by atoms with Crippen molar-refractivity contribution in [3.05, 3.63) is 36.5 Å². The van der Waals surface area contributed by atoms with Crippen molar-refractivity contribution < 1.29 is 37.9 Å². The second-order valence-corrected chi connectivity index (χ2v) is 15.9. The van der Waals surface area contributed by atoms with Crippen LogP contribution in [0.15, 0.2) is 36.5 Å². The van der Waals surface area contributed by atoms with Crippen LogP contribution >= 0.6 is 7.82 Å². The van der Waals surface area contributed by atoms with Crippen LogP contribution in [0.4, 0.5) is 0 Å². The summed E-state index contributed by atoms with van der Waals surface area (Å²) in [6, 6.07) is 0. The van der Waals surface area contributed by atoms with Gasteiger partial charge in [0.1, 0.15) is 6.61 Å². The summed E-state index contributed by atoms with van der Waals surface area (Å²) in [6.07, 6.45) is 47.2. The van der Waals surface area contributed by atoms with E-state index < -0.39 is 32.5 Å². The van der Waals surface area contributed by atoms with Crippen LogP contribution < -0.4 is 0 Å². The number of ether oxygens (including phenoxy) is 2. The summed E-state index contributed by atoms with van der Waals surface area (Å²) < 4.78 is 26.4. The Labute approximate surface area is 325 Å². The van der Waals surface area contributed by atoms with Crippen molar-refractivity contribution in [3.8, 4) is 0 Å². The fourth-order valence-electron chi connectivity index (χ4n) is 6.09. The Morgan fingerprint density at radius 2 is 0.868 bits per heavy atom. The largest absolute Gasteiger partial charge is 0.469 e. The Balaban J connectivity index is 3.87. The third-order valence-corrected chi connectivity index (χ3v) is 9.87. The molecule has 0 aromatic rings. The first-order valence-corrected chi connectivity index (χ1v) is 23.3. The molecule has 0 heterocycles. The van der Waals surface area contributed by atoms with Crippen molar-refractivity contribution in [2.24, 2.45) is 0 Å². The van der Waals surface area contributed by atoms with Gasteiger partial charge in [-0.05, 0) is 64.2 Å². The van der Waals surface area contributed by atoms with Gasteiger partial charge in [0.2, 0.25) is 0 Å². The zero-order chi connectivity index (χ0) is 38.9. The number of carbonyl (C=O) groups is 2. The highest BCUT2D eigenvalue weighted by molar-refractivity contribution is 7.46. The lowest BCUT2D eigenvalue weighted by atomic mass is 10.0. The van der Waals surface area contributed by atoms with Crippen LogP contribution in [-0.4, -0.2) is 41.0 Å². The lowest BCUT2D eigenvalue weighted by molar-refractivity contribution is -0.161. The second kappa shape index (κ2) is 39.9. The first-order chi connectivity index (χ1) is 25.8. The second-order valence-electron chi connectivity index (χ2n) is 14.7. The highest BCUT2D eigenvalue weighted by atomic mass is 31.2. The van der Waals surface area contributed by atoms with Gasteiger partial charge in [0.15, 0.2) is 6.10 Å². The lowest BCUT2D eigenvalue weighted by Crippen LogP contribution is -2.29. The van der Waals surface area contributed by atoms with Crippen LogP contribution in [0.3, 0.4) is 0 Å². The van der Waals surface area contributed by atoms with Gasteiger partial charge in [-0.2, -0.15) is 0 Å². The molecule has 0 amide bonds. The molecule has 9 heteroatoms. The standard InChI is InChI=1S/C44H81O8P/c1-3-5-7-9-11-13-15-17-19-20-21-22-23-24-25-27-28-30-32-34-36-38-43(45)50-40-42(41-51-53(47,48)49)52-44(46)39-37-35-33-31-29-26-18-16-14-12-10-8-6-4-2/h10,12,16-19,42H,3-9,11,13-15,20-41H2,1-2H3,(H2,47,48,49)/b12-10+,18-16+,19-17+/t42-/m1/s1. The van der Waals surface area contributed by atoms with Crippen molar-refractivity contribution in [1.29, 1.82) is 0 Å². The number of allylic oxidation sites excluding steroid dienone is 6. The van der Waals surface area contributed by atoms with E-state index in [2.05, 4.69) is 54.8 Å². The van der Waals surface area contributed by atoms with Crippen molar-refractivity contribution in [1.82, 2.24) is 0 Å². The van der Waals surface area contributed by atoms with Gasteiger partial charge in [0.05, 0.1) is 6.61 Å². The zero-order valence-electron chi connectivity index (χ0n) is 34.2. The van der Waals surface area contributed by atoms with Crippen LogP contribution in [0.25, 0.3) is 0 Å². The summed E-state index contributed by atoms with van der Waals surface area (Å²) in [5.74, 6) is -0.897. The van der Waals surface area contributed by atoms with E-state index in [1.165, 1.54) is 116 Å². The Hall–Kier alpha value is -1.73. The third kappa shape index (κ3) is 42.9. The molecule has 0 saturated heterocycles. The Bertz CT molecular complexity index is 957. The first kappa shape index (κ1) is 51.3. The van der Waals surface area contributed by atoms with E-state index >= 15 is 0 Å². The van der Waals surface area contributed by atoms with E-state index in [0.717, 1.165) is 64.2 Å². The van der Waals surface area contributed by atoms with Gasteiger partial charge in [0.25, 0.3) is 0 Å². The minimum atomic E-state index is -4.76. The molecule has 8 nitrogen and oxygen atoms in total. The lowest BCUT2D eigenvalue weighted by Gasteiger charge is -2.18. The number of phosphoric ester groups is 1. The number of phosphoric acid groups is 1. The molecule has 0 radical (unpaired) electrons. The van der Waals surface area contributed by atoms with E-state index in [4.69, 9.17) is 19.3 Å². The van der Waals surface area contributed by atoms with Crippen LogP contribution in [0, 0.1) is 0 Å². The molecule has 0 spiro atoms. The number of unbranched alkanes of at least 4 members (excludes halogenated alkanes) is 24. The fraction of sp³-hybridized carbons (Fsp3) is 0.818. The molecular formula is C44H81O8P. The average Bonchev–Trinajstić information content (AvgIpc) is 3.13. The van der Waals surface area contributed by atoms with Gasteiger partial charge in [-0.3, -0.25) is 14.1 Å². The molecule has 0 aliphatic carbocycles. The highest BCUT2D eigenvalue weighted by Gasteiger charge is 2.22. The number of hydrogen-bond donors (Lipinski definition) is 2. The number of rotatable bonds is 40. The molecular weight excluding hydrogens is 687 g/mol. The van der Waals surface area contributed by atoms with Crippen molar-refractivity contribution in [3.63, 3.8) is 0 Å². The molecule has 0 fully saturated rings. The molecule has 0 bridgehead atoms. The molecule has 0 aliphatic rings. The molecule has 0 saturated carbocycles. The highest BCUT2D eigenvalue weighted by Crippen LogP contribution is 2.36. The van der Waals surface area contributed by atoms with Crippen LogP contribution in [0.1, 0.15) is 213 Å². The summed E-state index contributed by atoms with van der Waals surface area (Å²) >= 11 is 0. The van der Waals surface area contributed by atoms with E-state index in [0.29, 0.717) is 6.42 Å². The molecule has 0 aromatic carbocycles. The normalized spacial score (nSPS) is 12.8. The maximum atomic E-state index is 12.4. The van der Waals surface area contributed by atoms with Crippen LogP contribution in [-0.2, 0) is 28.2 Å². The number of carbonyl (C=O) groups excluding carboxylic acids is 2. The Morgan fingerprint density at radius 1 is 0.491 bits per heavy atom. The summed E-state index contributed by atoms with van der Waals surface area (Å²) in [5.41, 5.74) is 0. The molecule has 0 aliphatic heterocycles. The number of esters is 2. The number of hydrogen-bond acceptors (Lipinski definition) is 6. The van der Waals surface area contributed by atoms with Crippen molar-refractivity contribution >= 4 is 19.8 Å². The van der Waals surface area contributed by atoms with Gasteiger partial charge in [-0.15, -0.1) is 0 Å². The zero-order valence-corrected chi connectivity index (χ0v) is 35.1. The Morgan fingerprint density at radius 3 is 1.32 bits per heavy atom. The molecule has 0 rings (SSSR count). The predicted octanol–water partition coefficient (Wildman–Crippen LogP) is 13.4. The summed E-state index contributed by atoms with van der Waals surface area (Å²) in [6.45, 7) is 3.64. The average molecular weight is 769 g/mol. The van der Waals surface area contributed by atoms with E-state index in [1.54, 1.807) is 0 Å². The third-order valence-electron chi connectivity index (χ3n) is 9.38. The van der Waals surface area contributed by atoms with Gasteiger partial charge in [0, 0.05) is 12.8 Å². The van der Waals surface area contributed by atoms with Crippen LogP contribution in [0.2, 0.25) is 0 Å². The molecule has 2 N–H and O–H groups in total. The summed E-state index contributed by atoms with van der Waals surface area (Å²) in [7, 11) is -4.76. The maximum absolute atomic E-state index is 12.4. The van der Waals surface area contributed by atoms with Gasteiger partial charge < -0.3 is 19.3 Å². The fourth-order valence-corrected chi connectivity index (χ4v) is 6.45. The minimum absolute atomic E-state index is 0.196. The molecule has 53 heavy (non-hydrogen) atoms. The molecule has 1 atom stereocenters. The van der Waals surface area contributed by atoms with Crippen LogP contribution in [0.5, 0.6) is 0 Å². The minimum Gasteiger partial charge on any atom is -0.462 e. The maximum Gasteiger partial charge on any atom is 0.469 e. The van der Waals surface area contributed by atoms with E-state index in [1.807, 2.05) is 0 Å². The smallest absolute Gasteiger partial charge is 0.462 e. The van der Waals surface area contributed by atoms with Gasteiger partial charge >= 0.3 is 19.8 Å². The van der Waals surface area contributed by atoms with E-state index in [-0.39, 0.29) is 19.4 Å². The SMILES string of the molecule is CCCC/C=C/C/C=C/CCCCCCCC(=O)O[C@H](COC(=O)CCCCCCCCCCCCC/C=C/CCCCCCCC)COP(=O)(O)O. The van der Waals surface area contributed by atoms with Gasteiger partial charge in [-0.1, -0.05) is 172 Å². The van der Waals surface area contributed by atoms with Crippen molar-refractivity contribution in [2.45, 2.75) is 219 Å². The van der Waals surface area contributed by atoms with Crippen molar-refractivity contribution in [2.75, 3.05) is 13.2 Å². The summed E-state index contributed by atoms with van der Waals surface area (Å²) in [4.78, 5) is 42.9. The first-order valence-electron chi connectivity index (χ1n) is 21.8. The van der Waals surface area contributed by atoms with E-state index in [9.17, 15) is 14.2 Å². The quantitative estimate of drug-likeness (QED) is 0.0274. The summed E-state index contributed by atoms with van der Waals surface area (Å²) in [5, 5.41) is 0. The Kier molecular flexibility index (Phi) is 38.6. The predicted molar refractivity (Wildman–Crippen MR) is 221 cm³/mol. The van der Waals surface area contributed by atoms with Gasteiger partial charge in [-0.25, -0.2) is 4.57 Å². The monoisotopic (exact) mass is 769 g/mol.